The lowest BCUT2D eigenvalue weighted by molar-refractivity contribution is -0.134. The van der Waals surface area contributed by atoms with E-state index in [2.05, 4.69) is 6.92 Å². The Morgan fingerprint density at radius 1 is 1.36 bits per heavy atom. The maximum absolute atomic E-state index is 11.9. The second kappa shape index (κ2) is 5.35. The lowest BCUT2D eigenvalue weighted by atomic mass is 9.86. The average molecular weight is 200 g/mol. The Hall–Kier alpha value is -0.570. The Morgan fingerprint density at radius 2 is 1.86 bits per heavy atom. The first-order valence-electron chi connectivity index (χ1n) is 5.39. The minimum atomic E-state index is -0.394. The number of amides is 1. The minimum Gasteiger partial charge on any atom is -0.342 e. The first kappa shape index (κ1) is 13.4. The molecule has 3 nitrogen and oxygen atoms in total. The van der Waals surface area contributed by atoms with E-state index in [4.69, 9.17) is 5.73 Å². The number of carbonyl (C=O) groups is 1. The van der Waals surface area contributed by atoms with E-state index >= 15 is 0 Å². The highest BCUT2D eigenvalue weighted by atomic mass is 16.2. The van der Waals surface area contributed by atoms with E-state index in [1.807, 2.05) is 32.6 Å². The molecule has 0 aromatic heterocycles. The third-order valence-electron chi connectivity index (χ3n) is 2.39. The van der Waals surface area contributed by atoms with E-state index in [9.17, 15) is 4.79 Å². The van der Waals surface area contributed by atoms with Crippen molar-refractivity contribution in [3.05, 3.63) is 0 Å². The van der Waals surface area contributed by atoms with Gasteiger partial charge < -0.3 is 10.6 Å². The van der Waals surface area contributed by atoms with Crippen LogP contribution in [0.4, 0.5) is 0 Å². The molecule has 2 N–H and O–H groups in total. The number of nitrogens with zero attached hydrogens (tertiary/aromatic N) is 1. The SMILES string of the molecule is CCCN(CC)C(=O)C(N)C(C)(C)C. The van der Waals surface area contributed by atoms with Crippen LogP contribution < -0.4 is 5.73 Å². The summed E-state index contributed by atoms with van der Waals surface area (Å²) in [4.78, 5) is 13.7. The normalized spacial score (nSPS) is 13.9. The molecule has 14 heavy (non-hydrogen) atoms. The molecule has 0 aliphatic rings. The Labute approximate surface area is 87.6 Å². The Balaban J connectivity index is 4.42. The zero-order valence-electron chi connectivity index (χ0n) is 10.1. The second-order valence-corrected chi connectivity index (χ2v) is 4.76. The van der Waals surface area contributed by atoms with Crippen molar-refractivity contribution in [1.82, 2.24) is 4.90 Å². The number of hydrogen-bond donors (Lipinski definition) is 1. The fraction of sp³-hybridized carbons (Fsp3) is 0.909. The van der Waals surface area contributed by atoms with Crippen LogP contribution in [0.5, 0.6) is 0 Å². The lowest BCUT2D eigenvalue weighted by Crippen LogP contribution is -2.50. The number of hydrogen-bond acceptors (Lipinski definition) is 2. The summed E-state index contributed by atoms with van der Waals surface area (Å²) < 4.78 is 0. The molecule has 1 unspecified atom stereocenters. The van der Waals surface area contributed by atoms with Crippen molar-refractivity contribution in [1.29, 1.82) is 0 Å². The third-order valence-corrected chi connectivity index (χ3v) is 2.39. The van der Waals surface area contributed by atoms with Gasteiger partial charge in [0.25, 0.3) is 0 Å². The molecule has 1 atom stereocenters. The van der Waals surface area contributed by atoms with Gasteiger partial charge in [0, 0.05) is 13.1 Å². The van der Waals surface area contributed by atoms with Gasteiger partial charge in [-0.25, -0.2) is 0 Å². The van der Waals surface area contributed by atoms with Crippen LogP contribution in [0.1, 0.15) is 41.0 Å². The highest BCUT2D eigenvalue weighted by molar-refractivity contribution is 5.82. The summed E-state index contributed by atoms with van der Waals surface area (Å²) in [6, 6.07) is -0.394. The largest absolute Gasteiger partial charge is 0.342 e. The summed E-state index contributed by atoms with van der Waals surface area (Å²) in [5.41, 5.74) is 5.76. The van der Waals surface area contributed by atoms with Gasteiger partial charge in [0.15, 0.2) is 0 Å². The third kappa shape index (κ3) is 3.66. The topological polar surface area (TPSA) is 46.3 Å². The van der Waals surface area contributed by atoms with E-state index in [0.29, 0.717) is 0 Å². The van der Waals surface area contributed by atoms with Crippen LogP contribution in [0.3, 0.4) is 0 Å². The van der Waals surface area contributed by atoms with E-state index in [0.717, 1.165) is 19.5 Å². The van der Waals surface area contributed by atoms with Crippen molar-refractivity contribution in [2.45, 2.75) is 47.1 Å². The Bertz CT molecular complexity index is 184. The van der Waals surface area contributed by atoms with E-state index < -0.39 is 6.04 Å². The van der Waals surface area contributed by atoms with Crippen molar-refractivity contribution in [3.8, 4) is 0 Å². The number of carbonyl (C=O) groups excluding carboxylic acids is 1. The molecule has 3 heteroatoms. The highest BCUT2D eigenvalue weighted by Gasteiger charge is 2.29. The van der Waals surface area contributed by atoms with Crippen LogP contribution in [0.25, 0.3) is 0 Å². The molecule has 0 aromatic carbocycles. The van der Waals surface area contributed by atoms with Crippen molar-refractivity contribution in [2.24, 2.45) is 11.1 Å². The van der Waals surface area contributed by atoms with Gasteiger partial charge in [-0.3, -0.25) is 4.79 Å². The summed E-state index contributed by atoms with van der Waals surface area (Å²) in [5, 5.41) is 0. The molecule has 0 aliphatic carbocycles. The molecule has 0 saturated heterocycles. The van der Waals surface area contributed by atoms with E-state index in [1.165, 1.54) is 0 Å². The molecule has 1 amide bonds. The molecule has 84 valence electrons. The van der Waals surface area contributed by atoms with Gasteiger partial charge in [-0.15, -0.1) is 0 Å². The van der Waals surface area contributed by atoms with Crippen LogP contribution in [0.2, 0.25) is 0 Å². The lowest BCUT2D eigenvalue weighted by Gasteiger charge is -2.31. The van der Waals surface area contributed by atoms with Crippen molar-refractivity contribution < 1.29 is 4.79 Å². The molecule has 0 bridgehead atoms. The van der Waals surface area contributed by atoms with Crippen LogP contribution >= 0.6 is 0 Å². The molecule has 0 fully saturated rings. The van der Waals surface area contributed by atoms with Crippen LogP contribution in [0, 0.1) is 5.41 Å². The Morgan fingerprint density at radius 3 is 2.14 bits per heavy atom. The predicted octanol–water partition coefficient (Wildman–Crippen LogP) is 1.62. The summed E-state index contributed by atoms with van der Waals surface area (Å²) in [6.45, 7) is 11.6. The summed E-state index contributed by atoms with van der Waals surface area (Å²) in [6.07, 6.45) is 0.983. The van der Waals surface area contributed by atoms with E-state index in [1.54, 1.807) is 0 Å². The minimum absolute atomic E-state index is 0.0712. The summed E-state index contributed by atoms with van der Waals surface area (Å²) in [7, 11) is 0. The Kier molecular flexibility index (Phi) is 5.13. The maximum Gasteiger partial charge on any atom is 0.240 e. The van der Waals surface area contributed by atoms with Gasteiger partial charge in [0.05, 0.1) is 6.04 Å². The van der Waals surface area contributed by atoms with Crippen molar-refractivity contribution in [3.63, 3.8) is 0 Å². The fourth-order valence-electron chi connectivity index (χ4n) is 1.26. The van der Waals surface area contributed by atoms with Gasteiger partial charge in [-0.1, -0.05) is 27.7 Å². The first-order chi connectivity index (χ1) is 6.34. The van der Waals surface area contributed by atoms with Crippen LogP contribution in [-0.4, -0.2) is 29.9 Å². The van der Waals surface area contributed by atoms with Crippen molar-refractivity contribution >= 4 is 5.91 Å². The summed E-state index contributed by atoms with van der Waals surface area (Å²) >= 11 is 0. The van der Waals surface area contributed by atoms with Crippen LogP contribution in [-0.2, 0) is 4.79 Å². The second-order valence-electron chi connectivity index (χ2n) is 4.76. The number of likely N-dealkylation sites (N-methyl/N-ethyl adjacent to an activating group) is 1. The quantitative estimate of drug-likeness (QED) is 0.749. The van der Waals surface area contributed by atoms with Gasteiger partial charge >= 0.3 is 0 Å². The number of nitrogens with two attached hydrogens (primary N) is 1. The molecular formula is C11H24N2O. The van der Waals surface area contributed by atoms with Gasteiger partial charge in [0.2, 0.25) is 5.91 Å². The average Bonchev–Trinajstić information content (AvgIpc) is 2.10. The number of rotatable bonds is 4. The molecule has 0 radical (unpaired) electrons. The predicted molar refractivity (Wildman–Crippen MR) is 60.0 cm³/mol. The first-order valence-corrected chi connectivity index (χ1v) is 5.39. The molecule has 0 rings (SSSR count). The van der Waals surface area contributed by atoms with Gasteiger partial charge in [-0.2, -0.15) is 0 Å². The maximum atomic E-state index is 11.9. The highest BCUT2D eigenvalue weighted by Crippen LogP contribution is 2.19. The fourth-order valence-corrected chi connectivity index (χ4v) is 1.26. The molecule has 0 heterocycles. The zero-order valence-corrected chi connectivity index (χ0v) is 10.1. The van der Waals surface area contributed by atoms with Crippen molar-refractivity contribution in [2.75, 3.05) is 13.1 Å². The zero-order chi connectivity index (χ0) is 11.4. The molecule has 0 spiro atoms. The van der Waals surface area contributed by atoms with Crippen LogP contribution in [0.15, 0.2) is 0 Å². The molecule has 0 aromatic rings. The smallest absolute Gasteiger partial charge is 0.240 e. The van der Waals surface area contributed by atoms with E-state index in [-0.39, 0.29) is 11.3 Å². The van der Waals surface area contributed by atoms with Gasteiger partial charge in [0.1, 0.15) is 0 Å². The van der Waals surface area contributed by atoms with Gasteiger partial charge in [-0.05, 0) is 18.8 Å². The molecule has 0 saturated carbocycles. The summed E-state index contributed by atoms with van der Waals surface area (Å²) in [5.74, 6) is 0.0712. The monoisotopic (exact) mass is 200 g/mol. The molecular weight excluding hydrogens is 176 g/mol. The molecule has 0 aliphatic heterocycles. The standard InChI is InChI=1S/C11H24N2O/c1-6-8-13(7-2)10(14)9(12)11(3,4)5/h9H,6-8,12H2,1-5H3.